The van der Waals surface area contributed by atoms with Gasteiger partial charge in [0.25, 0.3) is 0 Å². The van der Waals surface area contributed by atoms with Gasteiger partial charge in [0.1, 0.15) is 12.4 Å². The van der Waals surface area contributed by atoms with E-state index in [1.807, 2.05) is 0 Å². The van der Waals surface area contributed by atoms with Gasteiger partial charge in [-0.05, 0) is 42.0 Å². The monoisotopic (exact) mass is 489 g/mol. The van der Waals surface area contributed by atoms with Crippen LogP contribution in [0.5, 0.6) is 17.2 Å². The molecule has 34 heavy (non-hydrogen) atoms. The molecule has 3 aromatic rings. The molecule has 0 fully saturated rings. The van der Waals surface area contributed by atoms with Gasteiger partial charge >= 0.3 is 11.9 Å². The number of benzene rings is 3. The zero-order valence-electron chi connectivity index (χ0n) is 16.5. The van der Waals surface area contributed by atoms with Crippen LogP contribution in [0.15, 0.2) is 42.5 Å². The molecule has 0 aliphatic heterocycles. The van der Waals surface area contributed by atoms with Crippen LogP contribution in [0.4, 0.5) is 36.4 Å². The Morgan fingerprint density at radius 3 is 2.00 bits per heavy atom. The first kappa shape index (κ1) is 24.5. The largest absolute Gasteiger partial charge is 0.483 e. The maximum absolute atomic E-state index is 14.0. The van der Waals surface area contributed by atoms with Crippen LogP contribution in [0.3, 0.4) is 0 Å². The summed E-state index contributed by atoms with van der Waals surface area (Å²) in [5.41, 5.74) is -3.08. The Morgan fingerprint density at radius 2 is 1.50 bits per heavy atom. The van der Waals surface area contributed by atoms with Crippen molar-refractivity contribution in [3.05, 3.63) is 92.5 Å². The number of halogens is 7. The molecule has 6 nitrogen and oxygen atoms in total. The lowest BCUT2D eigenvalue weighted by atomic mass is 10.1. The van der Waals surface area contributed by atoms with Gasteiger partial charge in [-0.2, -0.15) is 22.0 Å². The fourth-order valence-corrected chi connectivity index (χ4v) is 2.73. The average Bonchev–Trinajstić information content (AvgIpc) is 2.78. The van der Waals surface area contributed by atoms with Crippen LogP contribution >= 0.6 is 0 Å². The number of rotatable bonds is 7. The summed E-state index contributed by atoms with van der Waals surface area (Å²) in [6.07, 6.45) is -5.03. The highest BCUT2D eigenvalue weighted by molar-refractivity contribution is 5.76. The normalized spacial score (nSPS) is 11.3. The molecule has 0 atom stereocenters. The zero-order valence-corrected chi connectivity index (χ0v) is 16.5. The Labute approximate surface area is 185 Å². The molecule has 3 aromatic carbocycles. The Morgan fingerprint density at radius 1 is 0.912 bits per heavy atom. The van der Waals surface area contributed by atoms with Gasteiger partial charge < -0.3 is 9.47 Å². The van der Waals surface area contributed by atoms with Crippen LogP contribution < -0.4 is 9.47 Å². The number of ether oxygens (including phenoxy) is 2. The lowest BCUT2D eigenvalue weighted by Gasteiger charge is -2.12. The molecular weight excluding hydrogens is 479 g/mol. The number of nitro benzene ring substituents is 1. The third-order valence-corrected chi connectivity index (χ3v) is 4.39. The second kappa shape index (κ2) is 9.37. The van der Waals surface area contributed by atoms with E-state index in [1.54, 1.807) is 0 Å². The molecule has 0 bridgehead atoms. The van der Waals surface area contributed by atoms with Gasteiger partial charge in [-0.1, -0.05) is 0 Å². The summed E-state index contributed by atoms with van der Waals surface area (Å²) < 4.78 is 104. The number of nitro groups is 1. The summed E-state index contributed by atoms with van der Waals surface area (Å²) in [4.78, 5) is 21.0. The minimum absolute atomic E-state index is 0.0217. The molecular formula is C21H10F7NO5. The van der Waals surface area contributed by atoms with Crippen LogP contribution in [0.2, 0.25) is 0 Å². The number of carbonyl (C=O) groups is 1. The lowest BCUT2D eigenvalue weighted by molar-refractivity contribution is -0.385. The molecule has 0 N–H and O–H groups in total. The van der Waals surface area contributed by atoms with E-state index >= 15 is 0 Å². The second-order valence-electron chi connectivity index (χ2n) is 6.59. The van der Waals surface area contributed by atoms with E-state index in [1.165, 1.54) is 0 Å². The van der Waals surface area contributed by atoms with E-state index in [-0.39, 0.29) is 11.3 Å². The van der Waals surface area contributed by atoms with Gasteiger partial charge in [-0.3, -0.25) is 14.9 Å². The fourth-order valence-electron chi connectivity index (χ4n) is 2.73. The molecule has 178 valence electrons. The summed E-state index contributed by atoms with van der Waals surface area (Å²) >= 11 is 0. The number of nitrogens with zero attached hydrogens (tertiary/aromatic N) is 1. The van der Waals surface area contributed by atoms with Gasteiger partial charge in [0.15, 0.2) is 23.7 Å². The van der Waals surface area contributed by atoms with Crippen molar-refractivity contribution in [2.75, 3.05) is 0 Å². The Hall–Kier alpha value is -4.16. The first-order valence-electron chi connectivity index (χ1n) is 9.00. The minimum Gasteiger partial charge on any atom is -0.483 e. The van der Waals surface area contributed by atoms with Gasteiger partial charge in [0.2, 0.25) is 17.4 Å². The molecule has 0 saturated carbocycles. The van der Waals surface area contributed by atoms with E-state index in [0.717, 1.165) is 30.3 Å². The van der Waals surface area contributed by atoms with E-state index in [4.69, 9.17) is 9.47 Å². The van der Waals surface area contributed by atoms with Crippen LogP contribution in [0, 0.1) is 33.4 Å². The maximum Gasteiger partial charge on any atom is 0.416 e. The number of carbonyl (C=O) groups excluding carboxylic acids is 1. The van der Waals surface area contributed by atoms with Gasteiger partial charge in [0.05, 0.1) is 16.1 Å². The highest BCUT2D eigenvalue weighted by Gasteiger charge is 2.30. The van der Waals surface area contributed by atoms with Crippen molar-refractivity contribution >= 4 is 12.0 Å². The van der Waals surface area contributed by atoms with E-state index in [2.05, 4.69) is 0 Å². The molecule has 0 saturated heterocycles. The molecule has 3 rings (SSSR count). The Kier molecular flexibility index (Phi) is 6.75. The summed E-state index contributed by atoms with van der Waals surface area (Å²) in [5.74, 6) is -10.0. The first-order chi connectivity index (χ1) is 15.9. The van der Waals surface area contributed by atoms with Crippen molar-refractivity contribution in [1.29, 1.82) is 0 Å². The maximum atomic E-state index is 14.0. The van der Waals surface area contributed by atoms with Gasteiger partial charge in [0, 0.05) is 6.07 Å². The van der Waals surface area contributed by atoms with E-state index < -0.39 is 75.6 Å². The molecule has 0 unspecified atom stereocenters. The Bertz CT molecular complexity index is 1230. The van der Waals surface area contributed by atoms with Crippen LogP contribution in [-0.4, -0.2) is 11.2 Å². The minimum atomic E-state index is -4.62. The third-order valence-electron chi connectivity index (χ3n) is 4.39. The predicted octanol–water partition coefficient (Wildman–Crippen LogP) is 6.35. The molecule has 0 amide bonds. The van der Waals surface area contributed by atoms with E-state index in [0.29, 0.717) is 12.1 Å². The van der Waals surface area contributed by atoms with Crippen LogP contribution in [0.25, 0.3) is 0 Å². The summed E-state index contributed by atoms with van der Waals surface area (Å²) in [5, 5.41) is 11.2. The standard InChI is InChI=1S/C21H10F7NO5/c22-16-13(8-30)17(23)19(25)20(18(16)24)33-9-10-1-6-14(29(31)32)15(7-10)34-12-4-2-11(3-5-12)21(26,27)28/h1-8H,9H2. The number of alkyl halides is 3. The highest BCUT2D eigenvalue weighted by Crippen LogP contribution is 2.36. The second-order valence-corrected chi connectivity index (χ2v) is 6.59. The van der Waals surface area contributed by atoms with Crippen molar-refractivity contribution in [3.8, 4) is 17.2 Å². The molecule has 0 heterocycles. The summed E-state index contributed by atoms with van der Waals surface area (Å²) in [6, 6.07) is 6.19. The van der Waals surface area contributed by atoms with Gasteiger partial charge in [-0.25, -0.2) is 8.78 Å². The first-order valence-corrected chi connectivity index (χ1v) is 9.00. The molecule has 0 aliphatic carbocycles. The predicted molar refractivity (Wildman–Crippen MR) is 101 cm³/mol. The van der Waals surface area contributed by atoms with Crippen LogP contribution in [0.1, 0.15) is 21.5 Å². The van der Waals surface area contributed by atoms with Crippen molar-refractivity contribution in [1.82, 2.24) is 0 Å². The summed E-state index contributed by atoms with van der Waals surface area (Å²) in [6.45, 7) is -0.755. The topological polar surface area (TPSA) is 78.7 Å². The molecule has 13 heteroatoms. The SMILES string of the molecule is O=Cc1c(F)c(F)c(OCc2ccc([N+](=O)[O-])c(Oc3ccc(C(F)(F)F)cc3)c2)c(F)c1F. The third kappa shape index (κ3) is 4.92. The van der Waals surface area contributed by atoms with Crippen molar-refractivity contribution in [3.63, 3.8) is 0 Å². The highest BCUT2D eigenvalue weighted by atomic mass is 19.4. The molecule has 0 spiro atoms. The number of aldehydes is 1. The molecule has 0 radical (unpaired) electrons. The Balaban J connectivity index is 1.89. The molecule has 0 aliphatic rings. The van der Waals surface area contributed by atoms with Crippen molar-refractivity contribution in [2.24, 2.45) is 0 Å². The quantitative estimate of drug-likeness (QED) is 0.127. The zero-order chi connectivity index (χ0) is 25.2. The lowest BCUT2D eigenvalue weighted by Crippen LogP contribution is -2.08. The smallest absolute Gasteiger partial charge is 0.416 e. The number of hydrogen-bond donors (Lipinski definition) is 0. The van der Waals surface area contributed by atoms with Gasteiger partial charge in [-0.15, -0.1) is 0 Å². The van der Waals surface area contributed by atoms with Crippen molar-refractivity contribution < 1.29 is 49.9 Å². The average molecular weight is 489 g/mol. The number of hydrogen-bond acceptors (Lipinski definition) is 5. The van der Waals surface area contributed by atoms with E-state index in [9.17, 15) is 45.6 Å². The molecule has 0 aromatic heterocycles. The fraction of sp³-hybridized carbons (Fsp3) is 0.0952. The van der Waals surface area contributed by atoms with Crippen molar-refractivity contribution in [2.45, 2.75) is 12.8 Å². The van der Waals surface area contributed by atoms with Crippen LogP contribution in [-0.2, 0) is 12.8 Å². The summed E-state index contributed by atoms with van der Waals surface area (Å²) in [7, 11) is 0.